The number of carbonyl (C=O) groups is 1. The van der Waals surface area contributed by atoms with Gasteiger partial charge >= 0.3 is 0 Å². The molecule has 2 atom stereocenters. The number of benzene rings is 2. The van der Waals surface area contributed by atoms with Gasteiger partial charge in [0.05, 0.1) is 11.3 Å². The molecule has 2 heterocycles. The second-order valence-corrected chi connectivity index (χ2v) is 8.33. The van der Waals surface area contributed by atoms with Crippen molar-refractivity contribution in [3.63, 3.8) is 0 Å². The molecule has 0 radical (unpaired) electrons. The first kappa shape index (κ1) is 18.2. The maximum absolute atomic E-state index is 13.4. The van der Waals surface area contributed by atoms with Crippen molar-refractivity contribution < 1.29 is 9.32 Å². The summed E-state index contributed by atoms with van der Waals surface area (Å²) in [5.74, 6) is 0.804. The molecule has 1 aliphatic heterocycles. The lowest BCUT2D eigenvalue weighted by Gasteiger charge is -2.35. The van der Waals surface area contributed by atoms with Gasteiger partial charge in [0.2, 0.25) is 5.88 Å². The highest BCUT2D eigenvalue weighted by molar-refractivity contribution is 6.30. The van der Waals surface area contributed by atoms with Crippen molar-refractivity contribution >= 4 is 23.3 Å². The molecule has 5 rings (SSSR count). The average molecular weight is 405 g/mol. The molecule has 0 amide bonds. The van der Waals surface area contributed by atoms with Gasteiger partial charge < -0.3 is 9.84 Å². The molecule has 1 aromatic heterocycles. The highest BCUT2D eigenvalue weighted by atomic mass is 35.5. The summed E-state index contributed by atoms with van der Waals surface area (Å²) in [5, 5.41) is 8.27. The predicted molar refractivity (Wildman–Crippen MR) is 113 cm³/mol. The molecule has 2 aliphatic rings. The molecule has 0 spiro atoms. The number of halogens is 1. The number of allylic oxidation sites excluding steroid dienone is 2. The number of anilines is 1. The lowest BCUT2D eigenvalue weighted by atomic mass is 9.72. The third-order valence-corrected chi connectivity index (χ3v) is 6.35. The van der Waals surface area contributed by atoms with Crippen LogP contribution in [0.2, 0.25) is 5.02 Å². The van der Waals surface area contributed by atoms with Crippen molar-refractivity contribution in [1.82, 2.24) is 5.16 Å². The van der Waals surface area contributed by atoms with Crippen LogP contribution in [-0.4, -0.2) is 10.9 Å². The van der Waals surface area contributed by atoms with Crippen molar-refractivity contribution in [2.75, 3.05) is 5.32 Å². The number of hydrogen-bond donors (Lipinski definition) is 1. The third-order valence-electron chi connectivity index (χ3n) is 6.10. The summed E-state index contributed by atoms with van der Waals surface area (Å²) in [6.45, 7) is 4.02. The van der Waals surface area contributed by atoms with E-state index in [1.807, 2.05) is 43.3 Å². The molecule has 1 aliphatic carbocycles. The zero-order valence-corrected chi connectivity index (χ0v) is 17.1. The number of nitrogens with zero attached hydrogens (tertiary/aromatic N) is 1. The van der Waals surface area contributed by atoms with Gasteiger partial charge in [0, 0.05) is 28.6 Å². The Morgan fingerprint density at radius 1 is 1.07 bits per heavy atom. The van der Waals surface area contributed by atoms with Gasteiger partial charge in [-0.2, -0.15) is 0 Å². The normalized spacial score (nSPS) is 20.9. The van der Waals surface area contributed by atoms with Crippen molar-refractivity contribution in [2.45, 2.75) is 38.5 Å². The molecule has 2 aromatic carbocycles. The predicted octanol–water partition coefficient (Wildman–Crippen LogP) is 5.90. The molecule has 29 heavy (non-hydrogen) atoms. The van der Waals surface area contributed by atoms with E-state index >= 15 is 0 Å². The third kappa shape index (κ3) is 2.99. The molecule has 0 bridgehead atoms. The van der Waals surface area contributed by atoms with Gasteiger partial charge in [0.15, 0.2) is 5.78 Å². The Balaban J connectivity index is 1.63. The summed E-state index contributed by atoms with van der Waals surface area (Å²) in [7, 11) is 0. The minimum absolute atomic E-state index is 0.120. The quantitative estimate of drug-likeness (QED) is 0.577. The molecule has 3 aromatic rings. The summed E-state index contributed by atoms with van der Waals surface area (Å²) in [5.41, 5.74) is 7.00. The van der Waals surface area contributed by atoms with Crippen LogP contribution in [0.25, 0.3) is 0 Å². The van der Waals surface area contributed by atoms with Crippen LogP contribution in [0.3, 0.4) is 0 Å². The monoisotopic (exact) mass is 404 g/mol. The fourth-order valence-corrected chi connectivity index (χ4v) is 4.79. The van der Waals surface area contributed by atoms with Crippen molar-refractivity contribution in [3.05, 3.63) is 92.8 Å². The lowest BCUT2D eigenvalue weighted by molar-refractivity contribution is -0.116. The van der Waals surface area contributed by atoms with Crippen molar-refractivity contribution in [2.24, 2.45) is 0 Å². The number of aryl methyl sites for hydroxylation is 2. The van der Waals surface area contributed by atoms with Crippen LogP contribution in [0.5, 0.6) is 0 Å². The summed E-state index contributed by atoms with van der Waals surface area (Å²) in [6, 6.07) is 16.0. The Labute approximate surface area is 174 Å². The van der Waals surface area contributed by atoms with E-state index in [0.29, 0.717) is 17.3 Å². The fraction of sp³-hybridized carbons (Fsp3) is 0.250. The van der Waals surface area contributed by atoms with E-state index in [-0.39, 0.29) is 17.6 Å². The van der Waals surface area contributed by atoms with Gasteiger partial charge in [-0.05, 0) is 55.0 Å². The van der Waals surface area contributed by atoms with Gasteiger partial charge in [-0.3, -0.25) is 4.79 Å². The molecular formula is C24H21ClN2O2. The number of nitrogens with one attached hydrogen (secondary N) is 1. The Kier molecular flexibility index (Phi) is 4.32. The Morgan fingerprint density at radius 2 is 1.83 bits per heavy atom. The second-order valence-electron chi connectivity index (χ2n) is 7.90. The minimum atomic E-state index is -0.146. The maximum Gasteiger partial charge on any atom is 0.233 e. The topological polar surface area (TPSA) is 55.1 Å². The molecule has 4 nitrogen and oxygen atoms in total. The van der Waals surface area contributed by atoms with Gasteiger partial charge in [0.25, 0.3) is 0 Å². The lowest BCUT2D eigenvalue weighted by Crippen LogP contribution is -2.29. The largest absolute Gasteiger partial charge is 0.338 e. The summed E-state index contributed by atoms with van der Waals surface area (Å²) in [4.78, 5) is 13.4. The molecule has 0 saturated carbocycles. The van der Waals surface area contributed by atoms with Crippen LogP contribution < -0.4 is 5.32 Å². The zero-order valence-electron chi connectivity index (χ0n) is 16.3. The van der Waals surface area contributed by atoms with Crippen LogP contribution in [0.15, 0.2) is 64.3 Å². The molecule has 0 fully saturated rings. The number of Topliss-reactive ketones (excluding diaryl/α,β-unsaturated/α-hetero) is 1. The maximum atomic E-state index is 13.4. The summed E-state index contributed by atoms with van der Waals surface area (Å²) < 4.78 is 5.60. The van der Waals surface area contributed by atoms with Gasteiger partial charge in [-0.1, -0.05) is 53.2 Å². The number of fused-ring (bicyclic) bond motifs is 1. The Bertz CT molecular complexity index is 1140. The van der Waals surface area contributed by atoms with Crippen LogP contribution >= 0.6 is 11.6 Å². The van der Waals surface area contributed by atoms with E-state index < -0.39 is 0 Å². The standard InChI is InChI=1S/C24H21ClN2O2/c1-13-5-3-4-6-18(13)22-21-14(2)27-29-24(21)26-19-11-16(12-20(28)23(19)22)15-7-9-17(25)10-8-15/h3-10,16,22,26H,11-12H2,1-2H3/t16-,22-/m0/s1. The molecule has 1 N–H and O–H groups in total. The van der Waals surface area contributed by atoms with Crippen LogP contribution in [0, 0.1) is 13.8 Å². The molecule has 5 heteroatoms. The highest BCUT2D eigenvalue weighted by Crippen LogP contribution is 2.49. The summed E-state index contributed by atoms with van der Waals surface area (Å²) in [6.07, 6.45) is 1.24. The van der Waals surface area contributed by atoms with Gasteiger partial charge in [-0.15, -0.1) is 0 Å². The number of rotatable bonds is 2. The SMILES string of the molecule is Cc1ccccc1[C@@H]1C2=C(C[C@H](c3ccc(Cl)cc3)CC2=O)Nc2onc(C)c21. The van der Waals surface area contributed by atoms with Crippen LogP contribution in [0.1, 0.15) is 52.6 Å². The first-order valence-electron chi connectivity index (χ1n) is 9.83. The first-order chi connectivity index (χ1) is 14.0. The number of carbonyl (C=O) groups excluding carboxylic acids is 1. The smallest absolute Gasteiger partial charge is 0.233 e. The highest BCUT2D eigenvalue weighted by Gasteiger charge is 2.41. The molecule has 146 valence electrons. The van der Waals surface area contributed by atoms with E-state index in [1.54, 1.807) is 0 Å². The number of ketones is 1. The Hall–Kier alpha value is -2.85. The molecule has 0 unspecified atom stereocenters. The Morgan fingerprint density at radius 3 is 2.59 bits per heavy atom. The van der Waals surface area contributed by atoms with E-state index in [9.17, 15) is 4.79 Å². The van der Waals surface area contributed by atoms with Crippen LogP contribution in [0.4, 0.5) is 5.88 Å². The van der Waals surface area contributed by atoms with E-state index in [0.717, 1.165) is 45.6 Å². The average Bonchev–Trinajstić information content (AvgIpc) is 3.08. The van der Waals surface area contributed by atoms with E-state index in [4.69, 9.17) is 16.1 Å². The fourth-order valence-electron chi connectivity index (χ4n) is 4.66. The first-order valence-corrected chi connectivity index (χ1v) is 10.2. The van der Waals surface area contributed by atoms with Crippen LogP contribution in [-0.2, 0) is 4.79 Å². The zero-order chi connectivity index (χ0) is 20.1. The molecule has 0 saturated heterocycles. The van der Waals surface area contributed by atoms with E-state index in [1.165, 1.54) is 0 Å². The van der Waals surface area contributed by atoms with E-state index in [2.05, 4.69) is 29.5 Å². The van der Waals surface area contributed by atoms with Gasteiger partial charge in [-0.25, -0.2) is 0 Å². The van der Waals surface area contributed by atoms with Gasteiger partial charge in [0.1, 0.15) is 0 Å². The number of aromatic nitrogens is 1. The second kappa shape index (κ2) is 6.89. The van der Waals surface area contributed by atoms with Crippen molar-refractivity contribution in [1.29, 1.82) is 0 Å². The number of hydrogen-bond acceptors (Lipinski definition) is 4. The van der Waals surface area contributed by atoms with Crippen molar-refractivity contribution in [3.8, 4) is 0 Å². The summed E-state index contributed by atoms with van der Waals surface area (Å²) >= 11 is 6.04. The minimum Gasteiger partial charge on any atom is -0.338 e. The molecular weight excluding hydrogens is 384 g/mol.